The largest absolute Gasteiger partial charge is 0.496 e. The van der Waals surface area contributed by atoms with Crippen LogP contribution in [-0.2, 0) is 0 Å². The fourth-order valence-corrected chi connectivity index (χ4v) is 2.87. The first-order valence-corrected chi connectivity index (χ1v) is 8.46. The van der Waals surface area contributed by atoms with Gasteiger partial charge in [0.1, 0.15) is 11.8 Å². The number of aryl methyl sites for hydroxylation is 1. The van der Waals surface area contributed by atoms with Crippen molar-refractivity contribution in [2.75, 3.05) is 33.1 Å². The van der Waals surface area contributed by atoms with Crippen molar-refractivity contribution in [3.05, 3.63) is 59.7 Å². The smallest absolute Gasteiger partial charge is 0.171 e. The van der Waals surface area contributed by atoms with Gasteiger partial charge in [-0.1, -0.05) is 24.3 Å². The van der Waals surface area contributed by atoms with Gasteiger partial charge in [-0.2, -0.15) is 0 Å². The summed E-state index contributed by atoms with van der Waals surface area (Å²) in [5, 5.41) is 7.19. The van der Waals surface area contributed by atoms with E-state index in [0.29, 0.717) is 5.11 Å². The average Bonchev–Trinajstić information content (AvgIpc) is 2.55. The molecule has 0 aromatic heterocycles. The summed E-state index contributed by atoms with van der Waals surface area (Å²) >= 11 is 5.43. The highest BCUT2D eigenvalue weighted by molar-refractivity contribution is 7.80. The Morgan fingerprint density at radius 2 is 1.92 bits per heavy atom. The van der Waals surface area contributed by atoms with Gasteiger partial charge in [0.15, 0.2) is 5.11 Å². The molecule has 0 amide bonds. The Bertz CT molecular complexity index is 688. The Hall–Kier alpha value is -2.11. The number of rotatable bonds is 6. The van der Waals surface area contributed by atoms with Crippen LogP contribution in [0.5, 0.6) is 5.75 Å². The molecule has 128 valence electrons. The van der Waals surface area contributed by atoms with Crippen LogP contribution < -0.4 is 20.3 Å². The van der Waals surface area contributed by atoms with E-state index in [1.807, 2.05) is 30.3 Å². The zero-order chi connectivity index (χ0) is 17.5. The topological polar surface area (TPSA) is 37.7 Å². The van der Waals surface area contributed by atoms with E-state index in [1.165, 1.54) is 16.0 Å². The molecule has 2 aromatic rings. The summed E-state index contributed by atoms with van der Waals surface area (Å²) in [5.74, 6) is 0.906. The molecule has 0 fully saturated rings. The zero-order valence-electron chi connectivity index (χ0n) is 14.7. The van der Waals surface area contributed by atoms with Crippen LogP contribution in [0.3, 0.4) is 0 Å². The Kier molecular flexibility index (Phi) is 6.58. The van der Waals surface area contributed by atoms with E-state index >= 15 is 0 Å². The van der Waals surface area contributed by atoms with Crippen molar-refractivity contribution in [2.24, 2.45) is 0 Å². The normalized spacial score (nSPS) is 11.9. The summed E-state index contributed by atoms with van der Waals surface area (Å²) in [6.45, 7) is 2.79. The first-order chi connectivity index (χ1) is 11.5. The Morgan fingerprint density at radius 3 is 2.58 bits per heavy atom. The summed E-state index contributed by atoms with van der Waals surface area (Å²) in [7, 11) is 5.98. The molecule has 0 aliphatic rings. The van der Waals surface area contributed by atoms with E-state index in [0.717, 1.165) is 18.0 Å². The quantitative estimate of drug-likeness (QED) is 0.702. The molecular formula is C19H26N3OS+. The van der Waals surface area contributed by atoms with Gasteiger partial charge in [-0.15, -0.1) is 0 Å². The van der Waals surface area contributed by atoms with Crippen LogP contribution in [0, 0.1) is 6.92 Å². The van der Waals surface area contributed by atoms with Gasteiger partial charge in [-0.3, -0.25) is 0 Å². The second-order valence-corrected chi connectivity index (χ2v) is 6.48. The van der Waals surface area contributed by atoms with Crippen molar-refractivity contribution in [3.63, 3.8) is 0 Å². The van der Waals surface area contributed by atoms with Gasteiger partial charge in [0.05, 0.1) is 33.3 Å². The predicted molar refractivity (Wildman–Crippen MR) is 104 cm³/mol. The van der Waals surface area contributed by atoms with Crippen LogP contribution in [0.4, 0.5) is 5.69 Å². The van der Waals surface area contributed by atoms with Gasteiger partial charge >= 0.3 is 0 Å². The van der Waals surface area contributed by atoms with Crippen molar-refractivity contribution < 1.29 is 9.64 Å². The van der Waals surface area contributed by atoms with E-state index in [1.54, 1.807) is 7.11 Å². The van der Waals surface area contributed by atoms with Crippen molar-refractivity contribution >= 4 is 23.0 Å². The lowest BCUT2D eigenvalue weighted by atomic mass is 10.0. The minimum absolute atomic E-state index is 0.235. The van der Waals surface area contributed by atoms with E-state index in [4.69, 9.17) is 17.0 Å². The Morgan fingerprint density at radius 1 is 1.17 bits per heavy atom. The molecular weight excluding hydrogens is 318 g/mol. The van der Waals surface area contributed by atoms with Crippen LogP contribution in [0.25, 0.3) is 0 Å². The standard InChI is InChI=1S/C19H25N3OS/c1-14-8-7-9-15(12-14)21-19(24)20-13-17(22(2)3)16-10-5-6-11-18(16)23-4/h5-12,17H,13H2,1-4H3,(H2,20,21,24)/p+1/t17-/m0/s1. The number of ether oxygens (including phenoxy) is 1. The Balaban J connectivity index is 2.02. The van der Waals surface area contributed by atoms with E-state index < -0.39 is 0 Å². The van der Waals surface area contributed by atoms with Crippen LogP contribution in [-0.4, -0.2) is 32.9 Å². The third-order valence-electron chi connectivity index (χ3n) is 3.95. The van der Waals surface area contributed by atoms with Crippen molar-refractivity contribution in [1.82, 2.24) is 5.32 Å². The predicted octanol–water partition coefficient (Wildman–Crippen LogP) is 2.18. The van der Waals surface area contributed by atoms with Crippen molar-refractivity contribution in [2.45, 2.75) is 13.0 Å². The molecule has 2 aromatic carbocycles. The summed E-state index contributed by atoms with van der Waals surface area (Å²) in [4.78, 5) is 1.31. The van der Waals surface area contributed by atoms with Crippen molar-refractivity contribution in [1.29, 1.82) is 0 Å². The first-order valence-electron chi connectivity index (χ1n) is 8.05. The maximum atomic E-state index is 5.50. The fourth-order valence-electron chi connectivity index (χ4n) is 2.67. The highest BCUT2D eigenvalue weighted by Crippen LogP contribution is 2.22. The van der Waals surface area contributed by atoms with Crippen molar-refractivity contribution in [3.8, 4) is 5.75 Å². The number of hydrogen-bond donors (Lipinski definition) is 3. The van der Waals surface area contributed by atoms with Crippen LogP contribution in [0.1, 0.15) is 17.2 Å². The monoisotopic (exact) mass is 344 g/mol. The summed E-state index contributed by atoms with van der Waals surface area (Å²) in [6, 6.07) is 16.5. The fraction of sp³-hybridized carbons (Fsp3) is 0.316. The SMILES string of the molecule is COc1ccccc1[C@H](CNC(=S)Nc1cccc(C)c1)[NH+](C)C. The van der Waals surface area contributed by atoms with Gasteiger partial charge in [0.2, 0.25) is 0 Å². The van der Waals surface area contributed by atoms with Gasteiger partial charge in [0, 0.05) is 5.69 Å². The molecule has 2 rings (SSSR count). The second kappa shape index (κ2) is 8.66. The molecule has 0 aliphatic carbocycles. The first kappa shape index (κ1) is 18.2. The minimum Gasteiger partial charge on any atom is -0.496 e. The molecule has 1 atom stereocenters. The number of thiocarbonyl (C=S) groups is 1. The van der Waals surface area contributed by atoms with Gasteiger partial charge in [-0.05, 0) is 49.0 Å². The maximum absolute atomic E-state index is 5.50. The minimum atomic E-state index is 0.235. The number of hydrogen-bond acceptors (Lipinski definition) is 2. The third kappa shape index (κ3) is 4.94. The van der Waals surface area contributed by atoms with E-state index in [9.17, 15) is 0 Å². The summed E-state index contributed by atoms with van der Waals surface area (Å²) in [6.07, 6.45) is 0. The molecule has 0 spiro atoms. The molecule has 24 heavy (non-hydrogen) atoms. The Labute approximate surface area is 149 Å². The summed E-state index contributed by atoms with van der Waals surface area (Å²) < 4.78 is 5.50. The molecule has 5 heteroatoms. The lowest BCUT2D eigenvalue weighted by Gasteiger charge is -2.24. The second-order valence-electron chi connectivity index (χ2n) is 6.08. The number of nitrogens with one attached hydrogen (secondary N) is 3. The summed E-state index contributed by atoms with van der Waals surface area (Å²) in [5.41, 5.74) is 3.37. The number of methoxy groups -OCH3 is 1. The highest BCUT2D eigenvalue weighted by Gasteiger charge is 2.21. The number of likely N-dealkylation sites (N-methyl/N-ethyl adjacent to an activating group) is 1. The molecule has 0 radical (unpaired) electrons. The molecule has 0 heterocycles. The van der Waals surface area contributed by atoms with Gasteiger partial charge < -0.3 is 20.3 Å². The number of anilines is 1. The maximum Gasteiger partial charge on any atom is 0.171 e. The molecule has 3 N–H and O–H groups in total. The van der Waals surface area contributed by atoms with Gasteiger partial charge in [0.25, 0.3) is 0 Å². The van der Waals surface area contributed by atoms with Gasteiger partial charge in [-0.25, -0.2) is 0 Å². The zero-order valence-corrected chi connectivity index (χ0v) is 15.5. The molecule has 0 bridgehead atoms. The van der Waals surface area contributed by atoms with E-state index in [2.05, 4.69) is 49.9 Å². The van der Waals surface area contributed by atoms with E-state index in [-0.39, 0.29) is 6.04 Å². The molecule has 0 saturated carbocycles. The number of benzene rings is 2. The number of para-hydroxylation sites is 1. The molecule has 0 unspecified atom stereocenters. The molecule has 0 saturated heterocycles. The molecule has 0 aliphatic heterocycles. The average molecular weight is 345 g/mol. The van der Waals surface area contributed by atoms with Crippen LogP contribution in [0.2, 0.25) is 0 Å². The third-order valence-corrected chi connectivity index (χ3v) is 4.20. The van der Waals surface area contributed by atoms with Crippen LogP contribution in [0.15, 0.2) is 48.5 Å². The highest BCUT2D eigenvalue weighted by atomic mass is 32.1. The van der Waals surface area contributed by atoms with Crippen LogP contribution >= 0.6 is 12.2 Å². The number of quaternary nitrogens is 1. The molecule has 4 nitrogen and oxygen atoms in total. The lowest BCUT2D eigenvalue weighted by molar-refractivity contribution is -0.890. The lowest BCUT2D eigenvalue weighted by Crippen LogP contribution is -3.07.